The summed E-state index contributed by atoms with van der Waals surface area (Å²) in [6, 6.07) is 0. The molecule has 1 aliphatic heterocycles. The second-order valence-corrected chi connectivity index (χ2v) is 4.76. The SMILES string of the molecule is CCCNC(=S)SN1CCNCC1.[NaH]. The summed E-state index contributed by atoms with van der Waals surface area (Å²) in [4.78, 5) is 0. The van der Waals surface area contributed by atoms with Crippen LogP contribution in [0.3, 0.4) is 0 Å². The van der Waals surface area contributed by atoms with Crippen LogP contribution in [0.15, 0.2) is 0 Å². The molecule has 0 spiro atoms. The van der Waals surface area contributed by atoms with Crippen molar-refractivity contribution in [2.75, 3.05) is 32.7 Å². The normalized spacial score (nSPS) is 17.2. The van der Waals surface area contributed by atoms with Crippen LogP contribution in [0, 0.1) is 0 Å². The van der Waals surface area contributed by atoms with Crippen molar-refractivity contribution in [1.82, 2.24) is 14.9 Å². The molecule has 6 heteroatoms. The van der Waals surface area contributed by atoms with E-state index < -0.39 is 0 Å². The van der Waals surface area contributed by atoms with E-state index in [1.54, 1.807) is 11.9 Å². The molecule has 0 aromatic heterocycles. The first-order valence-electron chi connectivity index (χ1n) is 4.74. The fourth-order valence-electron chi connectivity index (χ4n) is 1.11. The Morgan fingerprint density at radius 1 is 1.50 bits per heavy atom. The first-order valence-corrected chi connectivity index (χ1v) is 5.92. The second-order valence-electron chi connectivity index (χ2n) is 2.98. The van der Waals surface area contributed by atoms with Crippen molar-refractivity contribution in [3.63, 3.8) is 0 Å². The van der Waals surface area contributed by atoms with Gasteiger partial charge in [0.2, 0.25) is 0 Å². The molecule has 0 atom stereocenters. The molecule has 78 valence electrons. The van der Waals surface area contributed by atoms with Crippen LogP contribution < -0.4 is 10.6 Å². The van der Waals surface area contributed by atoms with Crippen molar-refractivity contribution in [2.24, 2.45) is 0 Å². The van der Waals surface area contributed by atoms with Gasteiger partial charge in [-0.15, -0.1) is 0 Å². The zero-order valence-electron chi connectivity index (χ0n) is 8.01. The Balaban J connectivity index is 0.00000169. The van der Waals surface area contributed by atoms with Gasteiger partial charge in [-0.3, -0.25) is 0 Å². The summed E-state index contributed by atoms with van der Waals surface area (Å²) >= 11 is 6.86. The molecule has 0 aliphatic carbocycles. The van der Waals surface area contributed by atoms with Crippen LogP contribution in [0.1, 0.15) is 13.3 Å². The van der Waals surface area contributed by atoms with Gasteiger partial charge in [-0.2, -0.15) is 0 Å². The molecule has 2 N–H and O–H groups in total. The van der Waals surface area contributed by atoms with Crippen LogP contribution in [0.4, 0.5) is 0 Å². The molecule has 0 saturated carbocycles. The van der Waals surface area contributed by atoms with Crippen molar-refractivity contribution in [1.29, 1.82) is 0 Å². The van der Waals surface area contributed by atoms with E-state index in [-0.39, 0.29) is 29.6 Å². The zero-order chi connectivity index (χ0) is 9.52. The summed E-state index contributed by atoms with van der Waals surface area (Å²) in [7, 11) is 0. The van der Waals surface area contributed by atoms with Gasteiger partial charge < -0.3 is 10.6 Å². The summed E-state index contributed by atoms with van der Waals surface area (Å²) in [6.45, 7) is 7.44. The average molecular weight is 243 g/mol. The van der Waals surface area contributed by atoms with Crippen LogP contribution in [0.5, 0.6) is 0 Å². The fourth-order valence-corrected chi connectivity index (χ4v) is 2.30. The fraction of sp³-hybridized carbons (Fsp3) is 0.875. The van der Waals surface area contributed by atoms with Crippen molar-refractivity contribution in [3.8, 4) is 0 Å². The summed E-state index contributed by atoms with van der Waals surface area (Å²) in [5, 5.41) is 6.52. The maximum absolute atomic E-state index is 5.19. The Morgan fingerprint density at radius 3 is 2.71 bits per heavy atom. The molecule has 0 aromatic rings. The van der Waals surface area contributed by atoms with E-state index in [9.17, 15) is 0 Å². The van der Waals surface area contributed by atoms with Crippen LogP contribution in [0.2, 0.25) is 0 Å². The van der Waals surface area contributed by atoms with Crippen LogP contribution >= 0.6 is 24.2 Å². The van der Waals surface area contributed by atoms with E-state index in [1.807, 2.05) is 0 Å². The number of thiocarbonyl (C=S) groups is 1. The van der Waals surface area contributed by atoms with Gasteiger partial charge in [0.25, 0.3) is 0 Å². The van der Waals surface area contributed by atoms with Crippen LogP contribution in [-0.4, -0.2) is 70.9 Å². The van der Waals surface area contributed by atoms with Gasteiger partial charge in [0.05, 0.1) is 0 Å². The van der Waals surface area contributed by atoms with Gasteiger partial charge in [0.1, 0.15) is 4.32 Å². The second kappa shape index (κ2) is 9.39. The van der Waals surface area contributed by atoms with Crippen molar-refractivity contribution in [2.45, 2.75) is 13.3 Å². The van der Waals surface area contributed by atoms with Gasteiger partial charge >= 0.3 is 29.6 Å². The third-order valence-corrected chi connectivity index (χ3v) is 3.11. The molecule has 0 unspecified atom stereocenters. The Morgan fingerprint density at radius 2 is 2.14 bits per heavy atom. The topological polar surface area (TPSA) is 27.3 Å². The van der Waals surface area contributed by atoms with E-state index >= 15 is 0 Å². The molecule has 1 fully saturated rings. The maximum atomic E-state index is 5.19. The summed E-state index contributed by atoms with van der Waals surface area (Å²) in [5.74, 6) is 0. The molecule has 1 aliphatic rings. The molecule has 0 radical (unpaired) electrons. The van der Waals surface area contributed by atoms with Crippen molar-refractivity contribution < 1.29 is 0 Å². The Labute approximate surface area is 118 Å². The number of hydrogen-bond acceptors (Lipinski definition) is 4. The van der Waals surface area contributed by atoms with Gasteiger partial charge in [0.15, 0.2) is 0 Å². The predicted molar refractivity (Wildman–Crippen MR) is 70.1 cm³/mol. The monoisotopic (exact) mass is 243 g/mol. The summed E-state index contributed by atoms with van der Waals surface area (Å²) in [5.41, 5.74) is 0. The third-order valence-electron chi connectivity index (χ3n) is 1.81. The van der Waals surface area contributed by atoms with E-state index in [2.05, 4.69) is 21.9 Å². The number of piperazine rings is 1. The molecule has 3 nitrogen and oxygen atoms in total. The molecule has 1 heterocycles. The first kappa shape index (κ1) is 15.2. The third kappa shape index (κ3) is 6.61. The predicted octanol–water partition coefficient (Wildman–Crippen LogP) is 0.176. The van der Waals surface area contributed by atoms with Gasteiger partial charge in [-0.05, 0) is 18.4 Å². The minimum absolute atomic E-state index is 0. The molecule has 0 amide bonds. The standard InChI is InChI=1S/C8H17N3S2.Na.H/c1-2-3-10-8(12)13-11-6-4-9-5-7-11;;/h9H,2-7H2,1H3,(H,10,12);;. The first-order chi connectivity index (χ1) is 6.33. The number of nitrogens with zero attached hydrogens (tertiary/aromatic N) is 1. The van der Waals surface area contributed by atoms with Gasteiger partial charge in [0, 0.05) is 32.7 Å². The van der Waals surface area contributed by atoms with Crippen LogP contribution in [0.25, 0.3) is 0 Å². The average Bonchev–Trinajstić information content (AvgIpc) is 2.16. The quantitative estimate of drug-likeness (QED) is 0.419. The molecular formula is C8H18N3NaS2. The number of rotatable bonds is 3. The summed E-state index contributed by atoms with van der Waals surface area (Å²) < 4.78 is 3.21. The molecule has 0 aromatic carbocycles. The van der Waals surface area contributed by atoms with Crippen molar-refractivity contribution in [3.05, 3.63) is 0 Å². The molecule has 14 heavy (non-hydrogen) atoms. The molecule has 0 bridgehead atoms. The molecule has 1 saturated heterocycles. The molecule has 1 rings (SSSR count). The van der Waals surface area contributed by atoms with Crippen LogP contribution in [-0.2, 0) is 0 Å². The van der Waals surface area contributed by atoms with Crippen molar-refractivity contribution >= 4 is 58.0 Å². The number of nitrogens with one attached hydrogen (secondary N) is 2. The van der Waals surface area contributed by atoms with E-state index in [0.717, 1.165) is 43.5 Å². The molecular weight excluding hydrogens is 225 g/mol. The number of hydrogen-bond donors (Lipinski definition) is 2. The van der Waals surface area contributed by atoms with Gasteiger partial charge in [-0.25, -0.2) is 4.31 Å². The summed E-state index contributed by atoms with van der Waals surface area (Å²) in [6.07, 6.45) is 1.13. The van der Waals surface area contributed by atoms with E-state index in [4.69, 9.17) is 12.2 Å². The van der Waals surface area contributed by atoms with E-state index in [0.29, 0.717) is 0 Å². The van der Waals surface area contributed by atoms with E-state index in [1.165, 1.54) is 0 Å². The minimum atomic E-state index is 0. The Bertz CT molecular complexity index is 163. The van der Waals surface area contributed by atoms with Gasteiger partial charge in [-0.1, -0.05) is 19.1 Å². The zero-order valence-corrected chi connectivity index (χ0v) is 9.64. The Hall–Kier alpha value is 1.16. The Kier molecular flexibility index (Phi) is 10.2.